The molecular formula is C13H20N2S. The molecule has 0 aliphatic carbocycles. The molecule has 3 aliphatic rings. The van der Waals surface area contributed by atoms with E-state index in [1.807, 2.05) is 11.3 Å². The molecule has 2 unspecified atom stereocenters. The largest absolute Gasteiger partial charge is 0.330 e. The number of hydrogen-bond donors (Lipinski definition) is 1. The minimum Gasteiger partial charge on any atom is -0.330 e. The molecule has 2 atom stereocenters. The number of hydrogen-bond acceptors (Lipinski definition) is 3. The third kappa shape index (κ3) is 1.81. The number of piperidine rings is 3. The molecule has 1 aromatic heterocycles. The summed E-state index contributed by atoms with van der Waals surface area (Å²) in [6, 6.07) is 4.42. The normalized spacial score (nSPS) is 35.2. The van der Waals surface area contributed by atoms with E-state index in [1.54, 1.807) is 0 Å². The molecule has 2 nitrogen and oxygen atoms in total. The molecule has 0 spiro atoms. The molecule has 0 aromatic carbocycles. The molecule has 16 heavy (non-hydrogen) atoms. The Bertz CT molecular complexity index is 328. The lowest BCUT2D eigenvalue weighted by molar-refractivity contribution is 0.0384. The van der Waals surface area contributed by atoms with Crippen molar-refractivity contribution >= 4 is 11.3 Å². The van der Waals surface area contributed by atoms with E-state index in [4.69, 9.17) is 5.73 Å². The number of thiophene rings is 1. The smallest absolute Gasteiger partial charge is 0.00985 e. The van der Waals surface area contributed by atoms with Crippen molar-refractivity contribution in [2.75, 3.05) is 26.2 Å². The molecule has 4 heterocycles. The zero-order chi connectivity index (χ0) is 11.0. The topological polar surface area (TPSA) is 29.3 Å². The Kier molecular flexibility index (Phi) is 3.01. The van der Waals surface area contributed by atoms with Gasteiger partial charge in [0.1, 0.15) is 0 Å². The highest BCUT2D eigenvalue weighted by molar-refractivity contribution is 7.10. The Morgan fingerprint density at radius 1 is 1.44 bits per heavy atom. The maximum Gasteiger partial charge on any atom is 0.00985 e. The Hall–Kier alpha value is -0.380. The van der Waals surface area contributed by atoms with Crippen LogP contribution in [0.5, 0.6) is 0 Å². The molecule has 2 bridgehead atoms. The fraction of sp³-hybridized carbons (Fsp3) is 0.692. The van der Waals surface area contributed by atoms with Gasteiger partial charge in [-0.3, -0.25) is 0 Å². The lowest BCUT2D eigenvalue weighted by Gasteiger charge is -2.47. The second kappa shape index (κ2) is 4.47. The maximum atomic E-state index is 6.01. The van der Waals surface area contributed by atoms with Crippen molar-refractivity contribution in [2.24, 2.45) is 17.6 Å². The zero-order valence-corrected chi connectivity index (χ0v) is 10.5. The van der Waals surface area contributed by atoms with E-state index >= 15 is 0 Å². The van der Waals surface area contributed by atoms with Gasteiger partial charge in [-0.2, -0.15) is 0 Å². The van der Waals surface area contributed by atoms with E-state index in [0.717, 1.165) is 18.4 Å². The molecule has 4 rings (SSSR count). The second-order valence-corrected chi connectivity index (χ2v) is 6.14. The molecule has 0 saturated carbocycles. The summed E-state index contributed by atoms with van der Waals surface area (Å²) in [7, 11) is 0. The number of nitrogens with zero attached hydrogens (tertiary/aromatic N) is 1. The van der Waals surface area contributed by atoms with Crippen LogP contribution in [0, 0.1) is 11.8 Å². The monoisotopic (exact) mass is 236 g/mol. The van der Waals surface area contributed by atoms with Gasteiger partial charge in [-0.05, 0) is 49.2 Å². The summed E-state index contributed by atoms with van der Waals surface area (Å²) in [6.07, 6.45) is 2.79. The fourth-order valence-corrected chi connectivity index (χ4v) is 4.39. The van der Waals surface area contributed by atoms with Crippen LogP contribution < -0.4 is 5.73 Å². The van der Waals surface area contributed by atoms with Gasteiger partial charge in [0.25, 0.3) is 0 Å². The highest BCUT2D eigenvalue weighted by Crippen LogP contribution is 2.41. The van der Waals surface area contributed by atoms with Crippen LogP contribution in [0.4, 0.5) is 0 Å². The molecule has 88 valence electrons. The van der Waals surface area contributed by atoms with Gasteiger partial charge in [0.15, 0.2) is 0 Å². The molecule has 0 amide bonds. The van der Waals surface area contributed by atoms with Crippen LogP contribution in [0.3, 0.4) is 0 Å². The van der Waals surface area contributed by atoms with Gasteiger partial charge in [-0.25, -0.2) is 0 Å². The lowest BCUT2D eigenvalue weighted by atomic mass is 9.72. The first kappa shape index (κ1) is 10.8. The summed E-state index contributed by atoms with van der Waals surface area (Å²) in [4.78, 5) is 4.13. The Morgan fingerprint density at radius 3 is 2.75 bits per heavy atom. The quantitative estimate of drug-likeness (QED) is 0.871. The average molecular weight is 236 g/mol. The third-order valence-corrected chi connectivity index (χ3v) is 5.39. The standard InChI is InChI=1S/C13H20N2S/c14-8-11(13-2-1-7-16-13)12-9-15-5-3-10(12)4-6-15/h1-2,7,10-12H,3-6,8-9,14H2. The Morgan fingerprint density at radius 2 is 2.25 bits per heavy atom. The van der Waals surface area contributed by atoms with Crippen LogP contribution in [0.2, 0.25) is 0 Å². The van der Waals surface area contributed by atoms with Gasteiger partial charge in [-0.15, -0.1) is 11.3 Å². The molecule has 2 N–H and O–H groups in total. The van der Waals surface area contributed by atoms with Crippen molar-refractivity contribution in [1.82, 2.24) is 4.90 Å². The highest BCUT2D eigenvalue weighted by Gasteiger charge is 2.38. The van der Waals surface area contributed by atoms with Crippen LogP contribution >= 0.6 is 11.3 Å². The first-order chi connectivity index (χ1) is 7.88. The van der Waals surface area contributed by atoms with Crippen molar-refractivity contribution in [3.8, 4) is 0 Å². The van der Waals surface area contributed by atoms with Gasteiger partial charge in [-0.1, -0.05) is 6.07 Å². The minimum atomic E-state index is 0.605. The predicted molar refractivity (Wildman–Crippen MR) is 68.8 cm³/mol. The zero-order valence-electron chi connectivity index (χ0n) is 9.64. The lowest BCUT2D eigenvalue weighted by Crippen LogP contribution is -2.50. The summed E-state index contributed by atoms with van der Waals surface area (Å²) in [5.74, 6) is 2.35. The van der Waals surface area contributed by atoms with Crippen LogP contribution in [-0.4, -0.2) is 31.1 Å². The SMILES string of the molecule is NCC(c1cccs1)C1CN2CCC1CC2. The molecular weight excluding hydrogens is 216 g/mol. The Balaban J connectivity index is 1.80. The van der Waals surface area contributed by atoms with E-state index in [1.165, 1.54) is 37.4 Å². The minimum absolute atomic E-state index is 0.605. The van der Waals surface area contributed by atoms with Crippen molar-refractivity contribution in [1.29, 1.82) is 0 Å². The third-order valence-electron chi connectivity index (χ3n) is 4.39. The van der Waals surface area contributed by atoms with Gasteiger partial charge >= 0.3 is 0 Å². The number of nitrogens with two attached hydrogens (primary N) is 1. The molecule has 3 aliphatic heterocycles. The highest BCUT2D eigenvalue weighted by atomic mass is 32.1. The van der Waals surface area contributed by atoms with E-state index < -0.39 is 0 Å². The van der Waals surface area contributed by atoms with Gasteiger partial charge in [0, 0.05) is 23.9 Å². The Labute approximate surface area is 101 Å². The molecule has 3 saturated heterocycles. The van der Waals surface area contributed by atoms with Crippen molar-refractivity contribution in [2.45, 2.75) is 18.8 Å². The van der Waals surface area contributed by atoms with Gasteiger partial charge < -0.3 is 10.6 Å². The van der Waals surface area contributed by atoms with Crippen LogP contribution in [0.1, 0.15) is 23.6 Å². The van der Waals surface area contributed by atoms with Crippen LogP contribution in [-0.2, 0) is 0 Å². The van der Waals surface area contributed by atoms with E-state index in [2.05, 4.69) is 22.4 Å². The summed E-state index contributed by atoms with van der Waals surface area (Å²) in [6.45, 7) is 4.74. The van der Waals surface area contributed by atoms with Crippen LogP contribution in [0.15, 0.2) is 17.5 Å². The summed E-state index contributed by atoms with van der Waals surface area (Å²) < 4.78 is 0. The molecule has 3 heteroatoms. The maximum absolute atomic E-state index is 6.01. The first-order valence-electron chi connectivity index (χ1n) is 6.34. The van der Waals surface area contributed by atoms with Crippen molar-refractivity contribution in [3.05, 3.63) is 22.4 Å². The molecule has 3 fully saturated rings. The number of rotatable bonds is 3. The average Bonchev–Trinajstić information content (AvgIpc) is 2.85. The second-order valence-electron chi connectivity index (χ2n) is 5.16. The predicted octanol–water partition coefficient (Wildman–Crippen LogP) is 2.13. The van der Waals surface area contributed by atoms with Crippen molar-refractivity contribution in [3.63, 3.8) is 0 Å². The van der Waals surface area contributed by atoms with E-state index in [-0.39, 0.29) is 0 Å². The summed E-state index contributed by atoms with van der Waals surface area (Å²) in [5, 5.41) is 2.18. The molecule has 1 aromatic rings. The number of fused-ring (bicyclic) bond motifs is 3. The van der Waals surface area contributed by atoms with Crippen molar-refractivity contribution < 1.29 is 0 Å². The first-order valence-corrected chi connectivity index (χ1v) is 7.22. The summed E-state index contributed by atoms with van der Waals surface area (Å²) in [5.41, 5.74) is 6.01. The van der Waals surface area contributed by atoms with E-state index in [0.29, 0.717) is 5.92 Å². The van der Waals surface area contributed by atoms with E-state index in [9.17, 15) is 0 Å². The molecule has 0 radical (unpaired) electrons. The van der Waals surface area contributed by atoms with Gasteiger partial charge in [0.05, 0.1) is 0 Å². The van der Waals surface area contributed by atoms with Gasteiger partial charge in [0.2, 0.25) is 0 Å². The summed E-state index contributed by atoms with van der Waals surface area (Å²) >= 11 is 1.88. The van der Waals surface area contributed by atoms with Crippen LogP contribution in [0.25, 0.3) is 0 Å². The fourth-order valence-electron chi connectivity index (χ4n) is 3.47.